The zero-order valence-corrected chi connectivity index (χ0v) is 13.6. The summed E-state index contributed by atoms with van der Waals surface area (Å²) in [5.41, 5.74) is 4.88. The summed E-state index contributed by atoms with van der Waals surface area (Å²) < 4.78 is 0.718. The van der Waals surface area contributed by atoms with E-state index in [1.807, 2.05) is 12.3 Å². The third kappa shape index (κ3) is 2.64. The van der Waals surface area contributed by atoms with Crippen LogP contribution < -0.4 is 0 Å². The number of nitrogens with zero attached hydrogens (tertiary/aromatic N) is 2. The topological polar surface area (TPSA) is 41.6 Å². The Balaban J connectivity index is 2.16. The highest BCUT2D eigenvalue weighted by Gasteiger charge is 2.25. The fourth-order valence-electron chi connectivity index (χ4n) is 3.08. The minimum Gasteiger partial charge on any atom is -0.346 e. The molecule has 0 saturated heterocycles. The Morgan fingerprint density at radius 1 is 1.38 bits per heavy atom. The quantitative estimate of drug-likeness (QED) is 0.834. The van der Waals surface area contributed by atoms with Gasteiger partial charge in [-0.25, -0.2) is 4.98 Å². The summed E-state index contributed by atoms with van der Waals surface area (Å²) in [4.78, 5) is 12.7. The average molecular weight is 299 g/mol. The van der Waals surface area contributed by atoms with E-state index in [0.29, 0.717) is 11.8 Å². The van der Waals surface area contributed by atoms with Gasteiger partial charge < -0.3 is 4.98 Å². The number of aryl methyl sites for hydroxylation is 1. The lowest BCUT2D eigenvalue weighted by atomic mass is 9.83. The summed E-state index contributed by atoms with van der Waals surface area (Å²) in [6.07, 6.45) is 5.34. The first-order valence-corrected chi connectivity index (χ1v) is 8.03. The minimum absolute atomic E-state index is 0.317. The lowest BCUT2D eigenvalue weighted by Gasteiger charge is -2.26. The first kappa shape index (κ1) is 14.4. The molecule has 1 N–H and O–H groups in total. The van der Waals surface area contributed by atoms with Crippen LogP contribution in [0.25, 0.3) is 0 Å². The Kier molecular flexibility index (Phi) is 3.89. The first-order chi connectivity index (χ1) is 10.1. The second kappa shape index (κ2) is 5.68. The van der Waals surface area contributed by atoms with E-state index in [2.05, 4.69) is 41.8 Å². The molecular weight excluding hydrogens is 278 g/mol. The van der Waals surface area contributed by atoms with Gasteiger partial charge in [0, 0.05) is 29.3 Å². The van der Waals surface area contributed by atoms with Crippen LogP contribution in [0.4, 0.5) is 0 Å². The van der Waals surface area contributed by atoms with Crippen LogP contribution in [0.1, 0.15) is 66.9 Å². The third-order valence-electron chi connectivity index (χ3n) is 4.30. The lowest BCUT2D eigenvalue weighted by Crippen LogP contribution is -2.17. The molecule has 1 aliphatic rings. The molecule has 0 aromatic carbocycles. The normalized spacial score (nSPS) is 17.8. The molecule has 0 saturated carbocycles. The smallest absolute Gasteiger partial charge is 0.132 e. The standard InChI is InChI=1S/C17H21N3S/c1-10(2)16-19-14(11(3)17(21)20-16)13-8-4-6-12-7-5-9-18-15(12)13/h5,7,9-10,13H,4,6,8H2,1-3H3,(H,19,20,21). The minimum atomic E-state index is 0.317. The molecule has 110 valence electrons. The molecule has 0 spiro atoms. The van der Waals surface area contributed by atoms with Gasteiger partial charge in [0.2, 0.25) is 0 Å². The van der Waals surface area contributed by atoms with Gasteiger partial charge >= 0.3 is 0 Å². The van der Waals surface area contributed by atoms with Gasteiger partial charge in [0.1, 0.15) is 10.5 Å². The Labute approximate surface area is 130 Å². The molecule has 1 atom stereocenters. The molecule has 3 rings (SSSR count). The largest absolute Gasteiger partial charge is 0.346 e. The monoisotopic (exact) mass is 299 g/mol. The third-order valence-corrected chi connectivity index (χ3v) is 4.70. The maximum absolute atomic E-state index is 5.46. The maximum atomic E-state index is 5.46. The van der Waals surface area contributed by atoms with Gasteiger partial charge in [0.15, 0.2) is 0 Å². The number of nitrogens with one attached hydrogen (secondary N) is 1. The highest BCUT2D eigenvalue weighted by molar-refractivity contribution is 7.71. The Morgan fingerprint density at radius 3 is 2.95 bits per heavy atom. The van der Waals surface area contributed by atoms with Crippen molar-refractivity contribution >= 4 is 12.2 Å². The van der Waals surface area contributed by atoms with Crippen molar-refractivity contribution in [1.82, 2.24) is 15.0 Å². The van der Waals surface area contributed by atoms with Crippen molar-refractivity contribution in [2.45, 2.75) is 51.9 Å². The molecule has 4 heteroatoms. The van der Waals surface area contributed by atoms with Gasteiger partial charge in [-0.3, -0.25) is 4.98 Å². The predicted octanol–water partition coefficient (Wildman–Crippen LogP) is 4.43. The summed E-state index contributed by atoms with van der Waals surface area (Å²) in [7, 11) is 0. The summed E-state index contributed by atoms with van der Waals surface area (Å²) in [6.45, 7) is 6.35. The molecule has 1 aliphatic carbocycles. The fraction of sp³-hybridized carbons (Fsp3) is 0.471. The fourth-order valence-corrected chi connectivity index (χ4v) is 3.29. The van der Waals surface area contributed by atoms with E-state index in [1.54, 1.807) is 0 Å². The highest BCUT2D eigenvalue weighted by atomic mass is 32.1. The van der Waals surface area contributed by atoms with Crippen molar-refractivity contribution in [1.29, 1.82) is 0 Å². The van der Waals surface area contributed by atoms with Crippen LogP contribution in [0.15, 0.2) is 18.3 Å². The van der Waals surface area contributed by atoms with Crippen LogP contribution in [0, 0.1) is 11.6 Å². The number of hydrogen-bond donors (Lipinski definition) is 1. The van der Waals surface area contributed by atoms with Gasteiger partial charge in [0.25, 0.3) is 0 Å². The molecule has 0 fully saturated rings. The van der Waals surface area contributed by atoms with Crippen LogP contribution in [0.2, 0.25) is 0 Å². The molecule has 0 aliphatic heterocycles. The van der Waals surface area contributed by atoms with Gasteiger partial charge in [-0.15, -0.1) is 0 Å². The van der Waals surface area contributed by atoms with Crippen LogP contribution in [-0.4, -0.2) is 15.0 Å². The van der Waals surface area contributed by atoms with E-state index in [-0.39, 0.29) is 0 Å². The molecule has 2 aromatic rings. The molecule has 2 heterocycles. The zero-order valence-electron chi connectivity index (χ0n) is 12.8. The molecule has 1 unspecified atom stereocenters. The van der Waals surface area contributed by atoms with Crippen molar-refractivity contribution in [3.63, 3.8) is 0 Å². The number of H-pyrrole nitrogens is 1. The number of aromatic nitrogens is 3. The summed E-state index contributed by atoms with van der Waals surface area (Å²) in [5, 5.41) is 0. The SMILES string of the molecule is Cc1c(C2CCCc3cccnc32)[nH]c(C(C)C)nc1=S. The highest BCUT2D eigenvalue weighted by Crippen LogP contribution is 2.36. The van der Waals surface area contributed by atoms with Crippen molar-refractivity contribution in [3.05, 3.63) is 51.3 Å². The number of pyridine rings is 1. The van der Waals surface area contributed by atoms with Gasteiger partial charge in [-0.05, 0) is 37.8 Å². The average Bonchev–Trinajstić information content (AvgIpc) is 2.49. The molecular formula is C17H21N3S. The Morgan fingerprint density at radius 2 is 2.19 bits per heavy atom. The second-order valence-corrected chi connectivity index (χ2v) is 6.50. The van der Waals surface area contributed by atoms with Crippen molar-refractivity contribution in [2.24, 2.45) is 0 Å². The van der Waals surface area contributed by atoms with Gasteiger partial charge in [-0.2, -0.15) is 0 Å². The Hall–Kier alpha value is -1.55. The second-order valence-electron chi connectivity index (χ2n) is 6.11. The van der Waals surface area contributed by atoms with Crippen LogP contribution in [0.5, 0.6) is 0 Å². The molecule has 0 amide bonds. The van der Waals surface area contributed by atoms with E-state index in [1.165, 1.54) is 23.4 Å². The van der Waals surface area contributed by atoms with Crippen molar-refractivity contribution in [3.8, 4) is 0 Å². The molecule has 0 bridgehead atoms. The van der Waals surface area contributed by atoms with Crippen LogP contribution in [-0.2, 0) is 6.42 Å². The summed E-state index contributed by atoms with van der Waals surface area (Å²) in [6, 6.07) is 4.23. The Bertz CT molecular complexity index is 718. The lowest BCUT2D eigenvalue weighted by molar-refractivity contribution is 0.577. The zero-order chi connectivity index (χ0) is 15.0. The number of rotatable bonds is 2. The van der Waals surface area contributed by atoms with E-state index >= 15 is 0 Å². The van der Waals surface area contributed by atoms with Gasteiger partial charge in [-0.1, -0.05) is 32.1 Å². The van der Waals surface area contributed by atoms with E-state index in [0.717, 1.165) is 28.9 Å². The molecule has 21 heavy (non-hydrogen) atoms. The molecule has 3 nitrogen and oxygen atoms in total. The van der Waals surface area contributed by atoms with E-state index in [9.17, 15) is 0 Å². The predicted molar refractivity (Wildman–Crippen MR) is 87.3 cm³/mol. The van der Waals surface area contributed by atoms with Crippen LogP contribution in [0.3, 0.4) is 0 Å². The van der Waals surface area contributed by atoms with Crippen molar-refractivity contribution < 1.29 is 0 Å². The van der Waals surface area contributed by atoms with E-state index in [4.69, 9.17) is 12.2 Å². The van der Waals surface area contributed by atoms with Crippen molar-refractivity contribution in [2.75, 3.05) is 0 Å². The summed E-state index contributed by atoms with van der Waals surface area (Å²) >= 11 is 5.46. The number of fused-ring (bicyclic) bond motifs is 1. The number of hydrogen-bond acceptors (Lipinski definition) is 3. The van der Waals surface area contributed by atoms with Gasteiger partial charge in [0.05, 0.1) is 5.69 Å². The maximum Gasteiger partial charge on any atom is 0.132 e. The first-order valence-electron chi connectivity index (χ1n) is 7.62. The summed E-state index contributed by atoms with van der Waals surface area (Å²) in [5.74, 6) is 1.64. The van der Waals surface area contributed by atoms with Crippen LogP contribution >= 0.6 is 12.2 Å². The van der Waals surface area contributed by atoms with E-state index < -0.39 is 0 Å². The molecule has 0 radical (unpaired) electrons. The number of aromatic amines is 1. The molecule has 2 aromatic heterocycles.